The van der Waals surface area contributed by atoms with Gasteiger partial charge in [0.1, 0.15) is 5.60 Å². The quantitative estimate of drug-likeness (QED) is 0.237. The molecule has 2 aromatic carbocycles. The Bertz CT molecular complexity index is 1160. The van der Waals surface area contributed by atoms with Gasteiger partial charge in [-0.05, 0) is 44.9 Å². The molecule has 32 heavy (non-hydrogen) atoms. The van der Waals surface area contributed by atoms with Gasteiger partial charge in [0.25, 0.3) is 11.7 Å². The van der Waals surface area contributed by atoms with Crippen molar-refractivity contribution in [1.29, 1.82) is 0 Å². The number of benzene rings is 2. The fourth-order valence-electron chi connectivity index (χ4n) is 3.73. The number of Topliss-reactive ketones (excluding diaryl/α,β-unsaturated/α-hetero) is 1. The molecule has 0 spiro atoms. The van der Waals surface area contributed by atoms with Gasteiger partial charge in [-0.3, -0.25) is 14.4 Å². The molecule has 1 aromatic heterocycles. The van der Waals surface area contributed by atoms with Crippen molar-refractivity contribution in [2.45, 2.75) is 51.2 Å². The number of ketones is 1. The third kappa shape index (κ3) is 5.22. The molecule has 7 heteroatoms. The van der Waals surface area contributed by atoms with Crippen molar-refractivity contribution in [3.8, 4) is 0 Å². The molecule has 0 saturated carbocycles. The number of hydrogen-bond acceptors (Lipinski definition) is 5. The van der Waals surface area contributed by atoms with Crippen LogP contribution in [-0.4, -0.2) is 33.6 Å². The predicted molar refractivity (Wildman–Crippen MR) is 127 cm³/mol. The first-order chi connectivity index (χ1) is 15.1. The van der Waals surface area contributed by atoms with E-state index in [4.69, 9.17) is 10.5 Å². The van der Waals surface area contributed by atoms with Crippen LogP contribution in [0.1, 0.15) is 49.3 Å². The van der Waals surface area contributed by atoms with E-state index in [0.717, 1.165) is 21.7 Å². The Hall–Kier alpha value is -3.06. The van der Waals surface area contributed by atoms with Gasteiger partial charge in [0.2, 0.25) is 0 Å². The lowest BCUT2D eigenvalue weighted by molar-refractivity contribution is -0.151. The summed E-state index contributed by atoms with van der Waals surface area (Å²) in [5.74, 6) is -1.97. The summed E-state index contributed by atoms with van der Waals surface area (Å²) >= 11 is 1.29. The molecule has 0 unspecified atom stereocenters. The number of carbonyl (C=O) groups is 3. The number of aromatic nitrogens is 1. The van der Waals surface area contributed by atoms with E-state index in [-0.39, 0.29) is 11.7 Å². The summed E-state index contributed by atoms with van der Waals surface area (Å²) in [6.45, 7) is 7.94. The molecule has 0 aliphatic carbocycles. The first-order valence-corrected chi connectivity index (χ1v) is 11.5. The van der Waals surface area contributed by atoms with Crippen molar-refractivity contribution in [3.05, 3.63) is 65.4 Å². The summed E-state index contributed by atoms with van der Waals surface area (Å²) in [5, 5.41) is 0.651. The number of primary amides is 1. The second-order valence-electron chi connectivity index (χ2n) is 8.47. The first kappa shape index (κ1) is 23.6. The number of rotatable bonds is 8. The van der Waals surface area contributed by atoms with E-state index < -0.39 is 17.3 Å². The smallest absolute Gasteiger partial charge is 0.316 e. The fraction of sp³-hybridized carbons (Fsp3) is 0.320. The highest BCUT2D eigenvalue weighted by molar-refractivity contribution is 8.00. The molecule has 168 valence electrons. The lowest BCUT2D eigenvalue weighted by Gasteiger charge is -2.19. The van der Waals surface area contributed by atoms with Crippen LogP contribution in [0.2, 0.25) is 0 Å². The largest absolute Gasteiger partial charge is 0.459 e. The maximum atomic E-state index is 12.9. The van der Waals surface area contributed by atoms with E-state index in [9.17, 15) is 14.4 Å². The van der Waals surface area contributed by atoms with Gasteiger partial charge in [0.05, 0.1) is 16.8 Å². The number of nitrogens with two attached hydrogens (primary N) is 1. The van der Waals surface area contributed by atoms with Crippen LogP contribution in [0.4, 0.5) is 0 Å². The second-order valence-corrected chi connectivity index (χ2v) is 9.48. The molecule has 0 aliphatic rings. The Morgan fingerprint density at radius 3 is 2.31 bits per heavy atom. The summed E-state index contributed by atoms with van der Waals surface area (Å²) in [4.78, 5) is 37.8. The zero-order chi connectivity index (χ0) is 23.5. The van der Waals surface area contributed by atoms with Crippen LogP contribution in [0.15, 0.2) is 53.4 Å². The summed E-state index contributed by atoms with van der Waals surface area (Å²) in [6, 6.07) is 15.6. The fourth-order valence-corrected chi connectivity index (χ4v) is 4.59. The molecular formula is C25H28N2O4S. The summed E-state index contributed by atoms with van der Waals surface area (Å²) in [7, 11) is 0. The molecule has 3 rings (SSSR count). The molecule has 6 nitrogen and oxygen atoms in total. The van der Waals surface area contributed by atoms with E-state index >= 15 is 0 Å². The van der Waals surface area contributed by atoms with Crippen molar-refractivity contribution >= 4 is 40.3 Å². The molecule has 0 radical (unpaired) electrons. The average molecular weight is 453 g/mol. The van der Waals surface area contributed by atoms with Crippen molar-refractivity contribution < 1.29 is 19.1 Å². The Kier molecular flexibility index (Phi) is 7.09. The number of hydrogen-bond donors (Lipinski definition) is 1. The minimum Gasteiger partial charge on any atom is -0.459 e. The highest BCUT2D eigenvalue weighted by Crippen LogP contribution is 2.36. The maximum Gasteiger partial charge on any atom is 0.316 e. The van der Waals surface area contributed by atoms with E-state index in [1.165, 1.54) is 11.8 Å². The maximum absolute atomic E-state index is 12.9. The third-order valence-electron chi connectivity index (χ3n) is 4.89. The van der Waals surface area contributed by atoms with Crippen molar-refractivity contribution in [2.75, 3.05) is 5.75 Å². The molecule has 2 N–H and O–H groups in total. The van der Waals surface area contributed by atoms with Gasteiger partial charge < -0.3 is 15.0 Å². The molecular weight excluding hydrogens is 424 g/mol. The Balaban J connectivity index is 2.13. The number of fused-ring (bicyclic) bond motifs is 1. The van der Waals surface area contributed by atoms with E-state index in [0.29, 0.717) is 23.9 Å². The summed E-state index contributed by atoms with van der Waals surface area (Å²) in [5.41, 5.74) is 7.79. The zero-order valence-corrected chi connectivity index (χ0v) is 19.6. The molecule has 0 saturated heterocycles. The minimum absolute atomic E-state index is 0.0892. The van der Waals surface area contributed by atoms with Crippen LogP contribution >= 0.6 is 11.8 Å². The number of nitrogens with zero attached hydrogens (tertiary/aromatic N) is 1. The highest BCUT2D eigenvalue weighted by atomic mass is 32.2. The molecule has 1 amide bonds. The van der Waals surface area contributed by atoms with Crippen LogP contribution < -0.4 is 5.73 Å². The predicted octanol–water partition coefficient (Wildman–Crippen LogP) is 4.35. The molecule has 0 bridgehead atoms. The summed E-state index contributed by atoms with van der Waals surface area (Å²) < 4.78 is 7.46. The lowest BCUT2D eigenvalue weighted by atomic mass is 10.0. The SMILES string of the molecule is CCc1c(C(=O)C(N)=O)c2c(SCC(=O)OC(C)(C)C)cccc2n1Cc1ccccc1. The van der Waals surface area contributed by atoms with Gasteiger partial charge >= 0.3 is 5.97 Å². The minimum atomic E-state index is -0.995. The van der Waals surface area contributed by atoms with Crippen LogP contribution in [-0.2, 0) is 27.3 Å². The van der Waals surface area contributed by atoms with Crippen molar-refractivity contribution in [2.24, 2.45) is 5.73 Å². The molecule has 0 atom stereocenters. The van der Waals surface area contributed by atoms with Crippen molar-refractivity contribution in [3.63, 3.8) is 0 Å². The molecule has 3 aromatic rings. The Morgan fingerprint density at radius 1 is 1.03 bits per heavy atom. The third-order valence-corrected chi connectivity index (χ3v) is 5.93. The Labute approximate surface area is 192 Å². The Morgan fingerprint density at radius 2 is 1.72 bits per heavy atom. The van der Waals surface area contributed by atoms with Gasteiger partial charge in [0.15, 0.2) is 0 Å². The molecule has 0 fully saturated rings. The standard InChI is InChI=1S/C25H28N2O4S/c1-5-17-22(23(29)24(26)30)21-18(27(17)14-16-10-7-6-8-11-16)12-9-13-19(21)32-15-20(28)31-25(2,3)4/h6-13H,5,14-15H2,1-4H3,(H2,26,30). The van der Waals surface area contributed by atoms with Gasteiger partial charge in [-0.25, -0.2) is 0 Å². The number of ether oxygens (including phenoxy) is 1. The van der Waals surface area contributed by atoms with Crippen LogP contribution in [0.5, 0.6) is 0 Å². The number of esters is 1. The van der Waals surface area contributed by atoms with Gasteiger partial charge in [-0.15, -0.1) is 11.8 Å². The first-order valence-electron chi connectivity index (χ1n) is 10.5. The van der Waals surface area contributed by atoms with Crippen LogP contribution in [0.3, 0.4) is 0 Å². The number of thioether (sulfide) groups is 1. The number of amides is 1. The van der Waals surface area contributed by atoms with Crippen LogP contribution in [0, 0.1) is 0 Å². The van der Waals surface area contributed by atoms with Crippen LogP contribution in [0.25, 0.3) is 10.9 Å². The second kappa shape index (κ2) is 9.61. The van der Waals surface area contributed by atoms with Gasteiger partial charge in [-0.1, -0.05) is 43.3 Å². The highest BCUT2D eigenvalue weighted by Gasteiger charge is 2.27. The van der Waals surface area contributed by atoms with Gasteiger partial charge in [-0.2, -0.15) is 0 Å². The van der Waals surface area contributed by atoms with Crippen molar-refractivity contribution in [1.82, 2.24) is 4.57 Å². The molecule has 1 heterocycles. The van der Waals surface area contributed by atoms with E-state index in [2.05, 4.69) is 4.57 Å². The van der Waals surface area contributed by atoms with E-state index in [1.54, 1.807) is 0 Å². The normalized spacial score (nSPS) is 11.5. The lowest BCUT2D eigenvalue weighted by Crippen LogP contribution is -2.25. The number of carbonyl (C=O) groups excluding carboxylic acids is 3. The summed E-state index contributed by atoms with van der Waals surface area (Å²) in [6.07, 6.45) is 0.548. The zero-order valence-electron chi connectivity index (χ0n) is 18.8. The van der Waals surface area contributed by atoms with E-state index in [1.807, 2.05) is 76.2 Å². The average Bonchev–Trinajstić information content (AvgIpc) is 3.05. The molecule has 0 aliphatic heterocycles. The monoisotopic (exact) mass is 452 g/mol. The topological polar surface area (TPSA) is 91.4 Å². The van der Waals surface area contributed by atoms with Gasteiger partial charge in [0, 0.05) is 22.5 Å².